The minimum atomic E-state index is -3.00. The van der Waals surface area contributed by atoms with Crippen molar-refractivity contribution >= 4 is 9.84 Å². The minimum Gasteiger partial charge on any atom is -0.494 e. The van der Waals surface area contributed by atoms with Crippen molar-refractivity contribution in [1.29, 1.82) is 0 Å². The van der Waals surface area contributed by atoms with Gasteiger partial charge in [-0.1, -0.05) is 51.7 Å². The van der Waals surface area contributed by atoms with Gasteiger partial charge in [0.25, 0.3) is 0 Å². The molecule has 0 unspecified atom stereocenters. The zero-order chi connectivity index (χ0) is 21.3. The van der Waals surface area contributed by atoms with E-state index in [-0.39, 0.29) is 0 Å². The van der Waals surface area contributed by atoms with Gasteiger partial charge in [0, 0.05) is 0 Å². The van der Waals surface area contributed by atoms with Gasteiger partial charge in [0.15, 0.2) is 9.84 Å². The van der Waals surface area contributed by atoms with Crippen LogP contribution < -0.4 is 4.74 Å². The Bertz CT molecular complexity index is 701. The van der Waals surface area contributed by atoms with Gasteiger partial charge in [0.2, 0.25) is 0 Å². The number of hydrogen-bond donors (Lipinski definition) is 0. The maximum atomic E-state index is 12.7. The van der Waals surface area contributed by atoms with Crippen LogP contribution in [0.25, 0.3) is 0 Å². The summed E-state index contributed by atoms with van der Waals surface area (Å²) in [5.41, 5.74) is 1.36. The molecule has 1 aromatic carbocycles. The van der Waals surface area contributed by atoms with Crippen LogP contribution in [0, 0.1) is 11.8 Å². The lowest BCUT2D eigenvalue weighted by Crippen LogP contribution is -2.36. The van der Waals surface area contributed by atoms with Gasteiger partial charge >= 0.3 is 0 Å². The highest BCUT2D eigenvalue weighted by Gasteiger charge is 2.35. The summed E-state index contributed by atoms with van der Waals surface area (Å²) in [6, 6.07) is 8.53. The second-order valence-electron chi connectivity index (χ2n) is 9.52. The van der Waals surface area contributed by atoms with Crippen LogP contribution in [0.1, 0.15) is 91.0 Å². The molecule has 1 saturated carbocycles. The van der Waals surface area contributed by atoms with Gasteiger partial charge in [0.1, 0.15) is 5.75 Å². The van der Waals surface area contributed by atoms with Gasteiger partial charge in [0.05, 0.1) is 17.1 Å². The average molecular weight is 423 g/mol. The number of ether oxygens (including phenoxy) is 1. The molecular formula is C25H42O3S. The SMILES string of the molecule is CCCCOc1cccc(CCCC2CCC(CS(=O)(=O)C(C)(C)CC)CC2)c1. The molecule has 0 N–H and O–H groups in total. The highest BCUT2D eigenvalue weighted by Crippen LogP contribution is 2.35. The van der Waals surface area contributed by atoms with Crippen LogP contribution in [0.15, 0.2) is 24.3 Å². The second-order valence-corrected chi connectivity index (χ2v) is 12.2. The standard InChI is InChI=1S/C25H42O3S/c1-5-7-18-28-24-13-9-12-22(19-24)11-8-10-21-14-16-23(17-15-21)20-29(26,27)25(3,4)6-2/h9,12-13,19,21,23H,5-8,10-11,14-18,20H2,1-4H3. The van der Waals surface area contributed by atoms with Crippen LogP contribution >= 0.6 is 0 Å². The lowest BCUT2D eigenvalue weighted by molar-refractivity contribution is 0.274. The lowest BCUT2D eigenvalue weighted by Gasteiger charge is -2.31. The van der Waals surface area contributed by atoms with Crippen LogP contribution in [-0.2, 0) is 16.3 Å². The van der Waals surface area contributed by atoms with E-state index in [1.54, 1.807) is 0 Å². The third kappa shape index (κ3) is 7.62. The van der Waals surface area contributed by atoms with E-state index in [0.29, 0.717) is 18.1 Å². The zero-order valence-electron chi connectivity index (χ0n) is 19.1. The number of rotatable bonds is 12. The Kier molecular flexibility index (Phi) is 9.52. The van der Waals surface area contributed by atoms with Crippen LogP contribution in [0.3, 0.4) is 0 Å². The molecule has 0 atom stereocenters. The van der Waals surface area contributed by atoms with E-state index >= 15 is 0 Å². The van der Waals surface area contributed by atoms with Gasteiger partial charge in [-0.25, -0.2) is 8.42 Å². The molecule has 0 radical (unpaired) electrons. The fourth-order valence-electron chi connectivity index (χ4n) is 4.16. The average Bonchev–Trinajstić information content (AvgIpc) is 2.69. The summed E-state index contributed by atoms with van der Waals surface area (Å²) < 4.78 is 30.6. The van der Waals surface area contributed by atoms with Gasteiger partial charge in [-0.2, -0.15) is 0 Å². The summed E-state index contributed by atoms with van der Waals surface area (Å²) >= 11 is 0. The van der Waals surface area contributed by atoms with Crippen LogP contribution in [0.5, 0.6) is 5.75 Å². The predicted octanol–water partition coefficient (Wildman–Crippen LogP) is 6.60. The molecule has 0 bridgehead atoms. The molecule has 29 heavy (non-hydrogen) atoms. The first-order valence-electron chi connectivity index (χ1n) is 11.7. The molecule has 1 fully saturated rings. The van der Waals surface area contributed by atoms with Crippen molar-refractivity contribution in [3.8, 4) is 5.75 Å². The monoisotopic (exact) mass is 422 g/mol. The van der Waals surface area contributed by atoms with Gasteiger partial charge < -0.3 is 4.74 Å². The van der Waals surface area contributed by atoms with Crippen molar-refractivity contribution < 1.29 is 13.2 Å². The molecule has 0 saturated heterocycles. The summed E-state index contributed by atoms with van der Waals surface area (Å²) in [4.78, 5) is 0. The molecule has 0 aliphatic heterocycles. The van der Waals surface area contributed by atoms with Crippen LogP contribution in [0.4, 0.5) is 0 Å². The van der Waals surface area contributed by atoms with Crippen molar-refractivity contribution in [2.75, 3.05) is 12.4 Å². The Morgan fingerprint density at radius 3 is 2.38 bits per heavy atom. The van der Waals surface area contributed by atoms with E-state index in [4.69, 9.17) is 4.74 Å². The third-order valence-electron chi connectivity index (χ3n) is 6.86. The number of unbranched alkanes of at least 4 members (excludes halogenated alkanes) is 1. The first-order valence-corrected chi connectivity index (χ1v) is 13.4. The molecule has 1 aliphatic rings. The maximum absolute atomic E-state index is 12.7. The maximum Gasteiger partial charge on any atom is 0.155 e. The van der Waals surface area contributed by atoms with Crippen molar-refractivity contribution in [3.05, 3.63) is 29.8 Å². The van der Waals surface area contributed by atoms with Crippen molar-refractivity contribution in [2.24, 2.45) is 11.8 Å². The first kappa shape index (κ1) is 24.2. The van der Waals surface area contributed by atoms with E-state index in [2.05, 4.69) is 25.1 Å². The number of aryl methyl sites for hydroxylation is 1. The van der Waals surface area contributed by atoms with E-state index in [1.807, 2.05) is 26.8 Å². The predicted molar refractivity (Wildman–Crippen MR) is 123 cm³/mol. The van der Waals surface area contributed by atoms with Crippen molar-refractivity contribution in [2.45, 2.75) is 96.7 Å². The number of hydrogen-bond acceptors (Lipinski definition) is 3. The normalized spacial score (nSPS) is 20.6. The number of sulfone groups is 1. The molecule has 3 nitrogen and oxygen atoms in total. The summed E-state index contributed by atoms with van der Waals surface area (Å²) in [5.74, 6) is 2.49. The topological polar surface area (TPSA) is 43.4 Å². The zero-order valence-corrected chi connectivity index (χ0v) is 19.9. The van der Waals surface area contributed by atoms with Crippen molar-refractivity contribution in [3.63, 3.8) is 0 Å². The van der Waals surface area contributed by atoms with E-state index < -0.39 is 14.6 Å². The van der Waals surface area contributed by atoms with Crippen molar-refractivity contribution in [1.82, 2.24) is 0 Å². The van der Waals surface area contributed by atoms with E-state index in [9.17, 15) is 8.42 Å². The molecule has 2 rings (SSSR count). The second kappa shape index (κ2) is 11.4. The van der Waals surface area contributed by atoms with E-state index in [1.165, 1.54) is 31.2 Å². The number of benzene rings is 1. The van der Waals surface area contributed by atoms with Gasteiger partial charge in [-0.3, -0.25) is 0 Å². The summed E-state index contributed by atoms with van der Waals surface area (Å²) in [5, 5.41) is 0. The molecule has 166 valence electrons. The fraction of sp³-hybridized carbons (Fsp3) is 0.760. The Hall–Kier alpha value is -1.03. The Balaban J connectivity index is 1.71. The van der Waals surface area contributed by atoms with E-state index in [0.717, 1.165) is 50.4 Å². The Morgan fingerprint density at radius 1 is 1.03 bits per heavy atom. The molecule has 1 aliphatic carbocycles. The molecular weight excluding hydrogens is 380 g/mol. The smallest absolute Gasteiger partial charge is 0.155 e. The summed E-state index contributed by atoms with van der Waals surface area (Å²) in [7, 11) is -3.00. The lowest BCUT2D eigenvalue weighted by atomic mass is 9.80. The highest BCUT2D eigenvalue weighted by molar-refractivity contribution is 7.92. The highest BCUT2D eigenvalue weighted by atomic mass is 32.2. The first-order chi connectivity index (χ1) is 13.8. The largest absolute Gasteiger partial charge is 0.494 e. The third-order valence-corrected chi connectivity index (χ3v) is 9.74. The quantitative estimate of drug-likeness (QED) is 0.356. The van der Waals surface area contributed by atoms with Gasteiger partial charge in [-0.15, -0.1) is 0 Å². The fourth-order valence-corrected chi connectivity index (χ4v) is 6.01. The Labute approximate surface area is 179 Å². The Morgan fingerprint density at radius 2 is 1.72 bits per heavy atom. The molecule has 4 heteroatoms. The minimum absolute atomic E-state index is 0.360. The molecule has 0 amide bonds. The molecule has 0 aromatic heterocycles. The van der Waals surface area contributed by atoms with Gasteiger partial charge in [-0.05, 0) is 81.9 Å². The van der Waals surface area contributed by atoms with Crippen LogP contribution in [0.2, 0.25) is 0 Å². The van der Waals surface area contributed by atoms with Crippen LogP contribution in [-0.4, -0.2) is 25.5 Å². The summed E-state index contributed by atoms with van der Waals surface area (Å²) in [6.07, 6.45) is 11.0. The molecule has 0 heterocycles. The molecule has 0 spiro atoms. The summed E-state index contributed by atoms with van der Waals surface area (Å²) in [6.45, 7) is 8.70. The molecule has 1 aromatic rings.